The highest BCUT2D eigenvalue weighted by Crippen LogP contribution is 2.23. The second-order valence-corrected chi connectivity index (χ2v) is 5.28. The van der Waals surface area contributed by atoms with Crippen molar-refractivity contribution < 1.29 is 14.4 Å². The van der Waals surface area contributed by atoms with Crippen LogP contribution in [0.2, 0.25) is 5.02 Å². The Morgan fingerprint density at radius 3 is 2.83 bits per heavy atom. The van der Waals surface area contributed by atoms with Crippen molar-refractivity contribution >= 4 is 35.1 Å². The van der Waals surface area contributed by atoms with Crippen LogP contribution in [-0.2, 0) is 9.59 Å². The lowest BCUT2D eigenvalue weighted by Gasteiger charge is -2.13. The summed E-state index contributed by atoms with van der Waals surface area (Å²) in [5, 5.41) is 9.24. The van der Waals surface area contributed by atoms with Crippen molar-refractivity contribution in [3.63, 3.8) is 0 Å². The zero-order valence-electron chi connectivity index (χ0n) is 11.8. The Balaban J connectivity index is 1.66. The molecule has 0 spiro atoms. The highest BCUT2D eigenvalue weighted by Gasteiger charge is 2.28. The lowest BCUT2D eigenvalue weighted by atomic mass is 10.2. The van der Waals surface area contributed by atoms with Gasteiger partial charge in [-0.15, -0.1) is 0 Å². The summed E-state index contributed by atoms with van der Waals surface area (Å²) in [6, 6.07) is 6.19. The molecular weight excluding hydrogens is 322 g/mol. The number of urea groups is 1. The summed E-state index contributed by atoms with van der Waals surface area (Å²) in [7, 11) is 0. The number of carbonyl (C=O) groups is 3. The SMILES string of the molecule is O=C1CN(CC(=O)Nc2ccc(-n3cccn3)c(Cl)c2)C(=O)N1. The van der Waals surface area contributed by atoms with Gasteiger partial charge in [0.05, 0.1) is 10.7 Å². The number of hydrogen-bond acceptors (Lipinski definition) is 4. The minimum absolute atomic E-state index is 0.120. The van der Waals surface area contributed by atoms with Gasteiger partial charge in [-0.25, -0.2) is 9.48 Å². The number of benzene rings is 1. The van der Waals surface area contributed by atoms with Crippen LogP contribution in [0.5, 0.6) is 0 Å². The summed E-state index contributed by atoms with van der Waals surface area (Å²) in [6.07, 6.45) is 3.39. The molecule has 1 aromatic heterocycles. The maximum atomic E-state index is 11.9. The molecule has 0 atom stereocenters. The molecule has 2 heterocycles. The van der Waals surface area contributed by atoms with Crippen LogP contribution in [0, 0.1) is 0 Å². The first-order chi connectivity index (χ1) is 11.0. The van der Waals surface area contributed by atoms with Crippen LogP contribution < -0.4 is 10.6 Å². The third-order valence-electron chi connectivity index (χ3n) is 3.19. The minimum atomic E-state index is -0.572. The van der Waals surface area contributed by atoms with Crippen LogP contribution in [0.1, 0.15) is 0 Å². The highest BCUT2D eigenvalue weighted by molar-refractivity contribution is 6.32. The van der Waals surface area contributed by atoms with Crippen molar-refractivity contribution in [3.05, 3.63) is 41.7 Å². The number of rotatable bonds is 4. The molecule has 1 saturated heterocycles. The Bertz CT molecular complexity index is 775. The molecule has 1 aromatic carbocycles. The summed E-state index contributed by atoms with van der Waals surface area (Å²) in [4.78, 5) is 35.5. The third-order valence-corrected chi connectivity index (χ3v) is 3.49. The first kappa shape index (κ1) is 15.0. The Hall–Kier alpha value is -2.87. The molecule has 9 heteroatoms. The number of nitrogens with one attached hydrogen (secondary N) is 2. The molecule has 2 aromatic rings. The van der Waals surface area contributed by atoms with E-state index in [0.717, 1.165) is 4.90 Å². The van der Waals surface area contributed by atoms with Crippen molar-refractivity contribution in [2.24, 2.45) is 0 Å². The number of hydrogen-bond donors (Lipinski definition) is 2. The van der Waals surface area contributed by atoms with Gasteiger partial charge in [-0.2, -0.15) is 5.10 Å². The summed E-state index contributed by atoms with van der Waals surface area (Å²) in [6.45, 7) is -0.332. The average Bonchev–Trinajstić information content (AvgIpc) is 3.09. The fourth-order valence-electron chi connectivity index (χ4n) is 2.17. The van der Waals surface area contributed by atoms with Gasteiger partial charge >= 0.3 is 6.03 Å². The summed E-state index contributed by atoms with van der Waals surface area (Å²) >= 11 is 6.19. The van der Waals surface area contributed by atoms with E-state index in [1.54, 1.807) is 41.3 Å². The normalized spacial score (nSPS) is 14.0. The number of amides is 4. The smallest absolute Gasteiger partial charge is 0.324 e. The molecule has 0 saturated carbocycles. The van der Waals surface area contributed by atoms with E-state index in [2.05, 4.69) is 15.7 Å². The summed E-state index contributed by atoms with van der Waals surface area (Å²) < 4.78 is 1.61. The van der Waals surface area contributed by atoms with Gasteiger partial charge in [0.1, 0.15) is 13.1 Å². The molecule has 4 amide bonds. The molecule has 2 N–H and O–H groups in total. The molecule has 8 nitrogen and oxygen atoms in total. The predicted molar refractivity (Wildman–Crippen MR) is 82.3 cm³/mol. The van der Waals surface area contributed by atoms with Crippen LogP contribution >= 0.6 is 11.6 Å². The molecule has 0 radical (unpaired) electrons. The van der Waals surface area contributed by atoms with E-state index in [4.69, 9.17) is 11.6 Å². The van der Waals surface area contributed by atoms with Crippen molar-refractivity contribution in [3.8, 4) is 5.69 Å². The van der Waals surface area contributed by atoms with Crippen LogP contribution in [0.4, 0.5) is 10.5 Å². The Morgan fingerprint density at radius 2 is 2.22 bits per heavy atom. The lowest BCUT2D eigenvalue weighted by Crippen LogP contribution is -2.35. The first-order valence-corrected chi connectivity index (χ1v) is 7.09. The zero-order valence-corrected chi connectivity index (χ0v) is 12.6. The predicted octanol–water partition coefficient (Wildman–Crippen LogP) is 1.02. The van der Waals surface area contributed by atoms with Crippen LogP contribution in [0.25, 0.3) is 5.69 Å². The number of imide groups is 1. The molecular formula is C14H12ClN5O3. The van der Waals surface area contributed by atoms with E-state index in [1.165, 1.54) is 0 Å². The number of aromatic nitrogens is 2. The van der Waals surface area contributed by atoms with Gasteiger partial charge in [-0.05, 0) is 24.3 Å². The van der Waals surface area contributed by atoms with Crippen molar-refractivity contribution in [2.75, 3.05) is 18.4 Å². The standard InChI is InChI=1S/C14H12ClN5O3/c15-10-6-9(2-3-11(10)20-5-1-4-16-20)17-12(21)7-19-8-13(22)18-14(19)23/h1-6H,7-8H2,(H,17,21)(H,18,22,23). The lowest BCUT2D eigenvalue weighted by molar-refractivity contribution is -0.119. The van der Waals surface area contributed by atoms with Gasteiger partial charge in [0.25, 0.3) is 0 Å². The van der Waals surface area contributed by atoms with E-state index in [-0.39, 0.29) is 13.1 Å². The van der Waals surface area contributed by atoms with Gasteiger partial charge in [0.15, 0.2) is 0 Å². The van der Waals surface area contributed by atoms with Crippen LogP contribution in [0.15, 0.2) is 36.7 Å². The number of halogens is 1. The molecule has 0 aliphatic carbocycles. The molecule has 1 fully saturated rings. The Kier molecular flexibility index (Phi) is 3.98. The molecule has 23 heavy (non-hydrogen) atoms. The molecule has 0 unspecified atom stereocenters. The van der Waals surface area contributed by atoms with E-state index in [9.17, 15) is 14.4 Å². The quantitative estimate of drug-likeness (QED) is 0.816. The van der Waals surface area contributed by atoms with Crippen LogP contribution in [-0.4, -0.2) is 45.6 Å². The first-order valence-electron chi connectivity index (χ1n) is 6.71. The van der Waals surface area contributed by atoms with Gasteiger partial charge in [0.2, 0.25) is 11.8 Å². The molecule has 0 bridgehead atoms. The van der Waals surface area contributed by atoms with Crippen molar-refractivity contribution in [1.29, 1.82) is 0 Å². The van der Waals surface area contributed by atoms with Gasteiger partial charge in [-0.1, -0.05) is 11.6 Å². The summed E-state index contributed by atoms with van der Waals surface area (Å²) in [5.74, 6) is -0.841. The number of carbonyl (C=O) groups excluding carboxylic acids is 3. The zero-order chi connectivity index (χ0) is 16.4. The van der Waals surface area contributed by atoms with Crippen LogP contribution in [0.3, 0.4) is 0 Å². The molecule has 118 valence electrons. The molecule has 1 aliphatic rings. The fourth-order valence-corrected chi connectivity index (χ4v) is 2.43. The van der Waals surface area contributed by atoms with Gasteiger partial charge in [0, 0.05) is 18.1 Å². The molecule has 3 rings (SSSR count). The fraction of sp³-hybridized carbons (Fsp3) is 0.143. The Morgan fingerprint density at radius 1 is 1.39 bits per heavy atom. The third kappa shape index (κ3) is 3.32. The molecule has 1 aliphatic heterocycles. The van der Waals surface area contributed by atoms with Gasteiger partial charge < -0.3 is 10.2 Å². The van der Waals surface area contributed by atoms with Crippen molar-refractivity contribution in [1.82, 2.24) is 20.0 Å². The topological polar surface area (TPSA) is 96.3 Å². The second kappa shape index (κ2) is 6.09. The number of anilines is 1. The maximum absolute atomic E-state index is 11.9. The van der Waals surface area contributed by atoms with E-state index in [0.29, 0.717) is 16.4 Å². The van der Waals surface area contributed by atoms with Gasteiger partial charge in [-0.3, -0.25) is 14.9 Å². The minimum Gasteiger partial charge on any atom is -0.324 e. The monoisotopic (exact) mass is 333 g/mol. The van der Waals surface area contributed by atoms with E-state index >= 15 is 0 Å². The van der Waals surface area contributed by atoms with E-state index in [1.807, 2.05) is 0 Å². The summed E-state index contributed by atoms with van der Waals surface area (Å²) in [5.41, 5.74) is 1.17. The average molecular weight is 334 g/mol. The van der Waals surface area contributed by atoms with Crippen molar-refractivity contribution in [2.45, 2.75) is 0 Å². The maximum Gasteiger partial charge on any atom is 0.325 e. The second-order valence-electron chi connectivity index (χ2n) is 4.87. The Labute approximate surface area is 136 Å². The van der Waals surface area contributed by atoms with E-state index < -0.39 is 17.8 Å². The number of nitrogens with zero attached hydrogens (tertiary/aromatic N) is 3. The highest BCUT2D eigenvalue weighted by atomic mass is 35.5. The largest absolute Gasteiger partial charge is 0.325 e.